The molecule has 1 aliphatic carbocycles. The Hall–Kier alpha value is 0.310. The van der Waals surface area contributed by atoms with Crippen LogP contribution in [-0.2, 0) is 0 Å². The Labute approximate surface area is 74.1 Å². The highest BCUT2D eigenvalue weighted by atomic mass is 32.2. The van der Waals surface area contributed by atoms with Gasteiger partial charge in [-0.3, -0.25) is 0 Å². The fraction of sp³-hybridized carbons (Fsp3) is 1.00. The zero-order chi connectivity index (χ0) is 8.32. The van der Waals surface area contributed by atoms with Gasteiger partial charge in [-0.2, -0.15) is 11.8 Å². The van der Waals surface area contributed by atoms with Crippen LogP contribution in [0.3, 0.4) is 0 Å². The Morgan fingerprint density at radius 2 is 2.09 bits per heavy atom. The van der Waals surface area contributed by atoms with Crippen molar-refractivity contribution in [1.29, 1.82) is 0 Å². The quantitative estimate of drug-likeness (QED) is 0.690. The summed E-state index contributed by atoms with van der Waals surface area (Å²) in [5.41, 5.74) is 6.22. The molecular formula is C9H19NS. The molecule has 0 atom stereocenters. The molecule has 2 heteroatoms. The zero-order valence-corrected chi connectivity index (χ0v) is 8.41. The highest BCUT2D eigenvalue weighted by molar-refractivity contribution is 7.99. The minimum atomic E-state index is 0.670. The Bertz CT molecular complexity index is 119. The summed E-state index contributed by atoms with van der Waals surface area (Å²) in [6.45, 7) is 5.41. The topological polar surface area (TPSA) is 26.0 Å². The number of rotatable bonds is 5. The van der Waals surface area contributed by atoms with Crippen LogP contribution < -0.4 is 5.73 Å². The van der Waals surface area contributed by atoms with Gasteiger partial charge in [0.15, 0.2) is 0 Å². The minimum absolute atomic E-state index is 0.670. The van der Waals surface area contributed by atoms with Gasteiger partial charge < -0.3 is 5.73 Å². The normalized spacial score (nSPS) is 20.7. The van der Waals surface area contributed by atoms with E-state index >= 15 is 0 Å². The van der Waals surface area contributed by atoms with Crippen LogP contribution in [0.1, 0.15) is 33.1 Å². The maximum atomic E-state index is 5.55. The lowest BCUT2D eigenvalue weighted by atomic mass is 10.1. The second kappa shape index (κ2) is 3.81. The molecule has 1 saturated carbocycles. The maximum Gasteiger partial charge on any atom is -0.000774 e. The molecule has 1 aliphatic rings. The summed E-state index contributed by atoms with van der Waals surface area (Å²) in [5.74, 6) is 1.34. The largest absolute Gasteiger partial charge is 0.330 e. The smallest absolute Gasteiger partial charge is 0.000774 e. The van der Waals surface area contributed by atoms with Crippen molar-refractivity contribution in [3.8, 4) is 0 Å². The summed E-state index contributed by atoms with van der Waals surface area (Å²) < 4.78 is 0. The third-order valence-corrected chi connectivity index (χ3v) is 3.80. The first-order chi connectivity index (χ1) is 5.18. The van der Waals surface area contributed by atoms with Crippen molar-refractivity contribution in [2.75, 3.05) is 12.3 Å². The highest BCUT2D eigenvalue weighted by Gasteiger charge is 2.41. The van der Waals surface area contributed by atoms with Gasteiger partial charge in [0.1, 0.15) is 0 Å². The summed E-state index contributed by atoms with van der Waals surface area (Å²) in [7, 11) is 0. The molecular weight excluding hydrogens is 154 g/mol. The predicted molar refractivity (Wildman–Crippen MR) is 52.9 cm³/mol. The van der Waals surface area contributed by atoms with Crippen molar-refractivity contribution in [3.63, 3.8) is 0 Å². The van der Waals surface area contributed by atoms with E-state index in [1.807, 2.05) is 0 Å². The third-order valence-electron chi connectivity index (χ3n) is 2.35. The van der Waals surface area contributed by atoms with Crippen LogP contribution in [0.2, 0.25) is 0 Å². The molecule has 0 unspecified atom stereocenters. The summed E-state index contributed by atoms with van der Waals surface area (Å²) in [5, 5.41) is 0.783. The summed E-state index contributed by atoms with van der Waals surface area (Å²) in [6, 6.07) is 0. The minimum Gasteiger partial charge on any atom is -0.330 e. The Kier molecular flexibility index (Phi) is 3.26. The average Bonchev–Trinajstić information content (AvgIpc) is 2.67. The van der Waals surface area contributed by atoms with Crippen molar-refractivity contribution in [2.45, 2.75) is 38.4 Å². The molecule has 0 amide bonds. The Morgan fingerprint density at radius 1 is 1.45 bits per heavy atom. The van der Waals surface area contributed by atoms with E-state index in [1.165, 1.54) is 25.0 Å². The van der Waals surface area contributed by atoms with E-state index in [1.54, 1.807) is 0 Å². The van der Waals surface area contributed by atoms with Crippen LogP contribution in [0.4, 0.5) is 0 Å². The first-order valence-electron chi connectivity index (χ1n) is 4.50. The molecule has 2 N–H and O–H groups in total. The molecule has 66 valence electrons. The van der Waals surface area contributed by atoms with Crippen molar-refractivity contribution >= 4 is 11.8 Å². The lowest BCUT2D eigenvalue weighted by molar-refractivity contribution is 0.537. The van der Waals surface area contributed by atoms with Gasteiger partial charge in [-0.15, -0.1) is 0 Å². The van der Waals surface area contributed by atoms with E-state index in [2.05, 4.69) is 25.6 Å². The van der Waals surface area contributed by atoms with Gasteiger partial charge in [-0.25, -0.2) is 0 Å². The van der Waals surface area contributed by atoms with Crippen LogP contribution in [0.15, 0.2) is 0 Å². The van der Waals surface area contributed by atoms with Gasteiger partial charge in [0.25, 0.3) is 0 Å². The van der Waals surface area contributed by atoms with Crippen molar-refractivity contribution < 1.29 is 0 Å². The first-order valence-corrected chi connectivity index (χ1v) is 5.55. The Morgan fingerprint density at radius 3 is 2.45 bits per heavy atom. The monoisotopic (exact) mass is 173 g/mol. The van der Waals surface area contributed by atoms with Crippen LogP contribution in [0.25, 0.3) is 0 Å². The lowest BCUT2D eigenvalue weighted by Crippen LogP contribution is -2.12. The van der Waals surface area contributed by atoms with Crippen LogP contribution >= 0.6 is 11.8 Å². The van der Waals surface area contributed by atoms with E-state index in [4.69, 9.17) is 5.73 Å². The molecule has 0 radical (unpaired) electrons. The standard InChI is InChI=1S/C9H19NS/c1-8(2)11-7-9(3-4-9)5-6-10/h8H,3-7,10H2,1-2H3. The van der Waals surface area contributed by atoms with Gasteiger partial charge in [0.2, 0.25) is 0 Å². The third kappa shape index (κ3) is 3.04. The molecule has 0 aromatic heterocycles. The van der Waals surface area contributed by atoms with E-state index in [0.29, 0.717) is 5.41 Å². The van der Waals surface area contributed by atoms with Crippen LogP contribution in [0.5, 0.6) is 0 Å². The van der Waals surface area contributed by atoms with Gasteiger partial charge >= 0.3 is 0 Å². The molecule has 0 aliphatic heterocycles. The number of hydrogen-bond donors (Lipinski definition) is 1. The SMILES string of the molecule is CC(C)SCC1(CCN)CC1. The molecule has 1 fully saturated rings. The van der Waals surface area contributed by atoms with Gasteiger partial charge in [-0.1, -0.05) is 13.8 Å². The molecule has 0 saturated heterocycles. The number of hydrogen-bond acceptors (Lipinski definition) is 2. The van der Waals surface area contributed by atoms with Crippen molar-refractivity contribution in [2.24, 2.45) is 11.1 Å². The van der Waals surface area contributed by atoms with Crippen molar-refractivity contribution in [3.05, 3.63) is 0 Å². The molecule has 0 aromatic rings. The molecule has 0 heterocycles. The first kappa shape index (κ1) is 9.40. The zero-order valence-electron chi connectivity index (χ0n) is 7.60. The van der Waals surface area contributed by atoms with Gasteiger partial charge in [0, 0.05) is 0 Å². The van der Waals surface area contributed by atoms with E-state index < -0.39 is 0 Å². The van der Waals surface area contributed by atoms with E-state index in [9.17, 15) is 0 Å². The second-order valence-corrected chi connectivity index (χ2v) is 5.46. The molecule has 11 heavy (non-hydrogen) atoms. The van der Waals surface area contributed by atoms with Gasteiger partial charge in [-0.05, 0) is 42.2 Å². The van der Waals surface area contributed by atoms with E-state index in [0.717, 1.165) is 11.8 Å². The maximum absolute atomic E-state index is 5.55. The second-order valence-electron chi connectivity index (χ2n) is 3.90. The molecule has 1 nitrogen and oxygen atoms in total. The summed E-state index contributed by atoms with van der Waals surface area (Å²) in [4.78, 5) is 0. The van der Waals surface area contributed by atoms with Crippen LogP contribution in [-0.4, -0.2) is 17.5 Å². The van der Waals surface area contributed by atoms with Crippen molar-refractivity contribution in [1.82, 2.24) is 0 Å². The highest BCUT2D eigenvalue weighted by Crippen LogP contribution is 2.51. The predicted octanol–water partition coefficient (Wildman–Crippen LogP) is 2.26. The lowest BCUT2D eigenvalue weighted by Gasteiger charge is -2.14. The number of thioether (sulfide) groups is 1. The summed E-state index contributed by atoms with van der Waals surface area (Å²) >= 11 is 2.09. The average molecular weight is 173 g/mol. The molecule has 0 aromatic carbocycles. The molecule has 0 bridgehead atoms. The fourth-order valence-corrected chi connectivity index (χ4v) is 2.41. The molecule has 1 rings (SSSR count). The summed E-state index contributed by atoms with van der Waals surface area (Å²) in [6.07, 6.45) is 4.08. The number of nitrogens with two attached hydrogens (primary N) is 1. The molecule has 0 spiro atoms. The Balaban J connectivity index is 2.14. The fourth-order valence-electron chi connectivity index (χ4n) is 1.29. The van der Waals surface area contributed by atoms with Crippen LogP contribution in [0, 0.1) is 5.41 Å². The van der Waals surface area contributed by atoms with Gasteiger partial charge in [0.05, 0.1) is 0 Å². The van der Waals surface area contributed by atoms with E-state index in [-0.39, 0.29) is 0 Å².